The molecule has 0 fully saturated rings. The quantitative estimate of drug-likeness (QED) is 0.555. The molecule has 25 heavy (non-hydrogen) atoms. The molecule has 2 aromatic rings. The third-order valence-corrected chi connectivity index (χ3v) is 4.06. The lowest BCUT2D eigenvalue weighted by Crippen LogP contribution is -2.34. The minimum atomic E-state index is -0.338. The Bertz CT molecular complexity index is 783. The Morgan fingerprint density at radius 2 is 1.92 bits per heavy atom. The maximum atomic E-state index is 12.2. The van der Waals surface area contributed by atoms with Gasteiger partial charge in [-0.05, 0) is 55.7 Å². The summed E-state index contributed by atoms with van der Waals surface area (Å²) in [5.41, 5.74) is 0.995. The van der Waals surface area contributed by atoms with Crippen LogP contribution < -0.4 is 16.0 Å². The summed E-state index contributed by atoms with van der Waals surface area (Å²) in [6, 6.07) is 10.8. The molecule has 7 heteroatoms. The number of carbonyl (C=O) groups is 2. The number of thiophene rings is 1. The van der Waals surface area contributed by atoms with Crippen molar-refractivity contribution in [2.45, 2.75) is 19.9 Å². The molecule has 0 spiro atoms. The Labute approximate surface area is 156 Å². The molecule has 0 saturated heterocycles. The van der Waals surface area contributed by atoms with Crippen LogP contribution in [0.25, 0.3) is 6.08 Å². The van der Waals surface area contributed by atoms with E-state index < -0.39 is 0 Å². The van der Waals surface area contributed by atoms with Gasteiger partial charge in [0.1, 0.15) is 0 Å². The van der Waals surface area contributed by atoms with E-state index in [1.165, 1.54) is 17.4 Å². The van der Waals surface area contributed by atoms with E-state index in [2.05, 4.69) is 16.0 Å². The molecule has 1 aromatic heterocycles. The molecule has 2 rings (SSSR count). The van der Waals surface area contributed by atoms with Gasteiger partial charge < -0.3 is 10.6 Å². The zero-order valence-corrected chi connectivity index (χ0v) is 15.5. The van der Waals surface area contributed by atoms with Gasteiger partial charge >= 0.3 is 0 Å². The van der Waals surface area contributed by atoms with Crippen molar-refractivity contribution in [3.63, 3.8) is 0 Å². The second kappa shape index (κ2) is 9.10. The number of carbonyl (C=O) groups excluding carboxylic acids is 2. The van der Waals surface area contributed by atoms with Crippen LogP contribution >= 0.6 is 23.6 Å². The summed E-state index contributed by atoms with van der Waals surface area (Å²) in [7, 11) is 0. The highest BCUT2D eigenvalue weighted by molar-refractivity contribution is 7.80. The first-order chi connectivity index (χ1) is 12.0. The van der Waals surface area contributed by atoms with Gasteiger partial charge in [-0.15, -0.1) is 11.3 Å². The van der Waals surface area contributed by atoms with E-state index in [4.69, 9.17) is 12.2 Å². The molecule has 1 aromatic carbocycles. The Kier molecular flexibility index (Phi) is 6.85. The molecule has 0 saturated carbocycles. The van der Waals surface area contributed by atoms with Gasteiger partial charge in [0.05, 0.1) is 11.3 Å². The first kappa shape index (κ1) is 18.8. The Morgan fingerprint density at radius 3 is 2.60 bits per heavy atom. The van der Waals surface area contributed by atoms with Crippen LogP contribution in [0.5, 0.6) is 0 Å². The van der Waals surface area contributed by atoms with Crippen LogP contribution in [0.2, 0.25) is 0 Å². The van der Waals surface area contributed by atoms with Crippen molar-refractivity contribution in [3.05, 3.63) is 58.3 Å². The number of amides is 2. The molecule has 130 valence electrons. The Hall–Kier alpha value is -2.51. The average Bonchev–Trinajstić information content (AvgIpc) is 3.06. The van der Waals surface area contributed by atoms with Crippen molar-refractivity contribution < 1.29 is 9.59 Å². The van der Waals surface area contributed by atoms with Crippen molar-refractivity contribution in [2.75, 3.05) is 5.32 Å². The summed E-state index contributed by atoms with van der Waals surface area (Å²) in [5, 5.41) is 10.4. The summed E-state index contributed by atoms with van der Waals surface area (Å²) in [4.78, 5) is 25.1. The number of para-hydroxylation sites is 1. The van der Waals surface area contributed by atoms with E-state index in [0.717, 1.165) is 4.88 Å². The van der Waals surface area contributed by atoms with Crippen molar-refractivity contribution in [3.8, 4) is 0 Å². The predicted molar refractivity (Wildman–Crippen MR) is 107 cm³/mol. The number of anilines is 1. The molecular formula is C18H19N3O2S2. The van der Waals surface area contributed by atoms with Crippen molar-refractivity contribution in [2.24, 2.45) is 0 Å². The molecule has 0 aliphatic heterocycles. The molecular weight excluding hydrogens is 354 g/mol. The molecule has 0 atom stereocenters. The van der Waals surface area contributed by atoms with Crippen LogP contribution in [0.15, 0.2) is 47.9 Å². The summed E-state index contributed by atoms with van der Waals surface area (Å²) < 4.78 is 0. The fourth-order valence-corrected chi connectivity index (χ4v) is 2.81. The van der Waals surface area contributed by atoms with Crippen LogP contribution in [0.4, 0.5) is 5.69 Å². The first-order valence-corrected chi connectivity index (χ1v) is 8.98. The van der Waals surface area contributed by atoms with Crippen LogP contribution in [0.3, 0.4) is 0 Å². The Balaban J connectivity index is 1.98. The van der Waals surface area contributed by atoms with E-state index in [1.807, 2.05) is 31.4 Å². The van der Waals surface area contributed by atoms with Gasteiger partial charge in [-0.3, -0.25) is 14.9 Å². The highest BCUT2D eigenvalue weighted by Gasteiger charge is 2.13. The predicted octanol–water partition coefficient (Wildman–Crippen LogP) is 3.41. The number of hydrogen-bond acceptors (Lipinski definition) is 4. The van der Waals surface area contributed by atoms with E-state index >= 15 is 0 Å². The number of nitrogens with one attached hydrogen (secondary N) is 3. The molecule has 0 aliphatic rings. The van der Waals surface area contributed by atoms with E-state index in [-0.39, 0.29) is 23.0 Å². The van der Waals surface area contributed by atoms with E-state index in [0.29, 0.717) is 11.3 Å². The molecule has 1 heterocycles. The fourth-order valence-electron chi connectivity index (χ4n) is 1.98. The van der Waals surface area contributed by atoms with E-state index in [1.54, 1.807) is 30.3 Å². The summed E-state index contributed by atoms with van der Waals surface area (Å²) in [6.07, 6.45) is 3.13. The van der Waals surface area contributed by atoms with Gasteiger partial charge in [0, 0.05) is 17.0 Å². The SMILES string of the molecule is CC(C)NC(=O)c1ccccc1NC(=S)NC(=O)C=Cc1cccs1. The van der Waals surface area contributed by atoms with Crippen LogP contribution in [-0.4, -0.2) is 23.0 Å². The maximum absolute atomic E-state index is 12.2. The lowest BCUT2D eigenvalue weighted by Gasteiger charge is -2.14. The van der Waals surface area contributed by atoms with Crippen LogP contribution in [0.1, 0.15) is 29.1 Å². The number of hydrogen-bond donors (Lipinski definition) is 3. The van der Waals surface area contributed by atoms with Gasteiger partial charge in [0.15, 0.2) is 5.11 Å². The number of benzene rings is 1. The minimum absolute atomic E-state index is 0.0228. The molecule has 0 aliphatic carbocycles. The molecule has 3 N–H and O–H groups in total. The normalized spacial score (nSPS) is 10.7. The fraction of sp³-hybridized carbons (Fsp3) is 0.167. The highest BCUT2D eigenvalue weighted by atomic mass is 32.1. The van der Waals surface area contributed by atoms with Crippen molar-refractivity contribution >= 4 is 52.2 Å². The molecule has 5 nitrogen and oxygen atoms in total. The monoisotopic (exact) mass is 373 g/mol. The standard InChI is InChI=1S/C18H19N3O2S2/c1-12(2)19-17(23)14-7-3-4-8-15(14)20-18(24)21-16(22)10-9-13-6-5-11-25-13/h3-12H,1-2H3,(H,19,23)(H2,20,21,22,24). The first-order valence-electron chi connectivity index (χ1n) is 7.69. The lowest BCUT2D eigenvalue weighted by molar-refractivity contribution is -0.115. The van der Waals surface area contributed by atoms with Crippen LogP contribution in [-0.2, 0) is 4.79 Å². The zero-order valence-electron chi connectivity index (χ0n) is 13.9. The van der Waals surface area contributed by atoms with Gasteiger partial charge in [-0.1, -0.05) is 18.2 Å². The zero-order chi connectivity index (χ0) is 18.2. The van der Waals surface area contributed by atoms with Crippen LogP contribution in [0, 0.1) is 0 Å². The maximum Gasteiger partial charge on any atom is 0.253 e. The highest BCUT2D eigenvalue weighted by Crippen LogP contribution is 2.15. The number of thiocarbonyl (C=S) groups is 1. The van der Waals surface area contributed by atoms with Crippen molar-refractivity contribution in [1.82, 2.24) is 10.6 Å². The number of rotatable bonds is 5. The van der Waals surface area contributed by atoms with Crippen molar-refractivity contribution in [1.29, 1.82) is 0 Å². The third-order valence-electron chi connectivity index (χ3n) is 3.02. The second-order valence-corrected chi connectivity index (χ2v) is 6.85. The van der Waals surface area contributed by atoms with Gasteiger partial charge in [-0.2, -0.15) is 0 Å². The van der Waals surface area contributed by atoms with Gasteiger partial charge in [0.2, 0.25) is 5.91 Å². The topological polar surface area (TPSA) is 70.2 Å². The molecule has 0 unspecified atom stereocenters. The molecule has 2 amide bonds. The summed E-state index contributed by atoms with van der Waals surface area (Å²) >= 11 is 6.69. The largest absolute Gasteiger partial charge is 0.350 e. The van der Waals surface area contributed by atoms with Gasteiger partial charge in [-0.25, -0.2) is 0 Å². The van der Waals surface area contributed by atoms with Gasteiger partial charge in [0.25, 0.3) is 5.91 Å². The molecule has 0 bridgehead atoms. The molecule has 0 radical (unpaired) electrons. The third kappa shape index (κ3) is 6.13. The lowest BCUT2D eigenvalue weighted by atomic mass is 10.1. The second-order valence-electron chi connectivity index (χ2n) is 5.47. The summed E-state index contributed by atoms with van der Waals surface area (Å²) in [6.45, 7) is 3.78. The smallest absolute Gasteiger partial charge is 0.253 e. The average molecular weight is 374 g/mol. The van der Waals surface area contributed by atoms with E-state index in [9.17, 15) is 9.59 Å². The Morgan fingerprint density at radius 1 is 1.16 bits per heavy atom. The minimum Gasteiger partial charge on any atom is -0.350 e. The summed E-state index contributed by atoms with van der Waals surface area (Å²) in [5.74, 6) is -0.542.